The zero-order chi connectivity index (χ0) is 13.7. The van der Waals surface area contributed by atoms with Crippen molar-refractivity contribution in [2.45, 2.75) is 45.7 Å². The minimum absolute atomic E-state index is 0.439. The van der Waals surface area contributed by atoms with Crippen molar-refractivity contribution in [3.63, 3.8) is 0 Å². The van der Waals surface area contributed by atoms with Crippen LogP contribution in [0.1, 0.15) is 44.2 Å². The summed E-state index contributed by atoms with van der Waals surface area (Å²) in [5.74, 6) is -1.22. The van der Waals surface area contributed by atoms with Gasteiger partial charge in [0.25, 0.3) is 0 Å². The molecule has 0 aromatic heterocycles. The average Bonchev–Trinajstić information content (AvgIpc) is 2.37. The molecule has 2 atom stereocenters. The molecule has 0 amide bonds. The molecule has 0 spiro atoms. The zero-order valence-electron chi connectivity index (χ0n) is 11.7. The summed E-state index contributed by atoms with van der Waals surface area (Å²) >= 11 is 0. The highest BCUT2D eigenvalue weighted by Gasteiger charge is 2.13. The van der Waals surface area contributed by atoms with Crippen molar-refractivity contribution in [3.05, 3.63) is 35.4 Å². The number of carbonyl (C=O) groups is 1. The Kier molecular flexibility index (Phi) is 5.35. The third-order valence-electron chi connectivity index (χ3n) is 3.63. The largest absolute Gasteiger partial charge is 0.481 e. The van der Waals surface area contributed by atoms with Crippen molar-refractivity contribution in [2.24, 2.45) is 0 Å². The molecule has 1 aromatic carbocycles. The summed E-state index contributed by atoms with van der Waals surface area (Å²) < 4.78 is 0. The van der Waals surface area contributed by atoms with Gasteiger partial charge in [-0.1, -0.05) is 31.2 Å². The van der Waals surface area contributed by atoms with Crippen molar-refractivity contribution >= 4 is 5.97 Å². The van der Waals surface area contributed by atoms with Crippen LogP contribution in [0.3, 0.4) is 0 Å². The fourth-order valence-corrected chi connectivity index (χ4v) is 1.81. The summed E-state index contributed by atoms with van der Waals surface area (Å²) in [5, 5.41) is 8.95. The summed E-state index contributed by atoms with van der Waals surface area (Å²) in [5.41, 5.74) is 2.08. The molecule has 0 saturated heterocycles. The second-order valence-corrected chi connectivity index (χ2v) is 4.97. The van der Waals surface area contributed by atoms with Gasteiger partial charge in [0.15, 0.2) is 0 Å². The Balaban J connectivity index is 2.69. The smallest absolute Gasteiger partial charge is 0.310 e. The van der Waals surface area contributed by atoms with Crippen LogP contribution in [-0.4, -0.2) is 29.1 Å². The van der Waals surface area contributed by atoms with E-state index in [-0.39, 0.29) is 0 Å². The number of benzene rings is 1. The Morgan fingerprint density at radius 1 is 1.28 bits per heavy atom. The Morgan fingerprint density at radius 3 is 2.28 bits per heavy atom. The van der Waals surface area contributed by atoms with Crippen LogP contribution in [0.2, 0.25) is 0 Å². The summed E-state index contributed by atoms with van der Waals surface area (Å²) in [4.78, 5) is 13.2. The molecule has 2 unspecified atom stereocenters. The molecule has 0 bridgehead atoms. The van der Waals surface area contributed by atoms with Gasteiger partial charge in [-0.15, -0.1) is 0 Å². The van der Waals surface area contributed by atoms with Crippen molar-refractivity contribution in [1.29, 1.82) is 0 Å². The zero-order valence-corrected chi connectivity index (χ0v) is 11.7. The second kappa shape index (κ2) is 6.55. The third kappa shape index (κ3) is 3.84. The molecular formula is C15H23NO2. The van der Waals surface area contributed by atoms with Gasteiger partial charge in [0.1, 0.15) is 0 Å². The lowest BCUT2D eigenvalue weighted by Gasteiger charge is -2.23. The molecule has 3 nitrogen and oxygen atoms in total. The molecule has 0 aliphatic heterocycles. The molecule has 1 rings (SSSR count). The Morgan fingerprint density at radius 2 is 1.83 bits per heavy atom. The Labute approximate surface area is 109 Å². The first-order valence-electron chi connectivity index (χ1n) is 6.47. The summed E-state index contributed by atoms with van der Waals surface area (Å²) in [6, 6.07) is 8.43. The van der Waals surface area contributed by atoms with Crippen LogP contribution < -0.4 is 0 Å². The molecule has 3 heteroatoms. The van der Waals surface area contributed by atoms with E-state index < -0.39 is 11.9 Å². The predicted octanol–water partition coefficient (Wildman–Crippen LogP) is 3.11. The minimum atomic E-state index is -0.778. The number of carboxylic acids is 1. The highest BCUT2D eigenvalue weighted by atomic mass is 16.4. The maximum absolute atomic E-state index is 10.9. The lowest BCUT2D eigenvalue weighted by molar-refractivity contribution is -0.138. The highest BCUT2D eigenvalue weighted by molar-refractivity contribution is 5.75. The molecule has 0 radical (unpaired) electrons. The fourth-order valence-electron chi connectivity index (χ4n) is 1.81. The molecule has 1 N–H and O–H groups in total. The topological polar surface area (TPSA) is 40.5 Å². The van der Waals surface area contributed by atoms with Crippen LogP contribution >= 0.6 is 0 Å². The number of carboxylic acid groups (broad SMARTS) is 1. The monoisotopic (exact) mass is 249 g/mol. The number of nitrogens with zero attached hydrogens (tertiary/aromatic N) is 1. The van der Waals surface area contributed by atoms with E-state index in [4.69, 9.17) is 5.11 Å². The minimum Gasteiger partial charge on any atom is -0.481 e. The van der Waals surface area contributed by atoms with E-state index in [0.717, 1.165) is 18.5 Å². The fraction of sp³-hybridized carbons (Fsp3) is 0.533. The first-order valence-corrected chi connectivity index (χ1v) is 6.47. The van der Waals surface area contributed by atoms with Crippen LogP contribution in [0.5, 0.6) is 0 Å². The van der Waals surface area contributed by atoms with Gasteiger partial charge in [-0.05, 0) is 38.4 Å². The van der Waals surface area contributed by atoms with E-state index in [1.54, 1.807) is 6.92 Å². The number of rotatable bonds is 6. The summed E-state index contributed by atoms with van der Waals surface area (Å²) in [7, 11) is 2.11. The molecule has 100 valence electrons. The molecule has 0 saturated carbocycles. The van der Waals surface area contributed by atoms with Crippen LogP contribution in [-0.2, 0) is 11.3 Å². The van der Waals surface area contributed by atoms with Gasteiger partial charge in [-0.25, -0.2) is 0 Å². The molecule has 0 aliphatic carbocycles. The summed E-state index contributed by atoms with van der Waals surface area (Å²) in [6.45, 7) is 7.00. The van der Waals surface area contributed by atoms with Crippen molar-refractivity contribution in [2.75, 3.05) is 7.05 Å². The quantitative estimate of drug-likeness (QED) is 0.842. The van der Waals surface area contributed by atoms with E-state index in [2.05, 4.69) is 25.8 Å². The van der Waals surface area contributed by atoms with E-state index in [1.165, 1.54) is 5.56 Å². The van der Waals surface area contributed by atoms with Crippen LogP contribution in [0.4, 0.5) is 0 Å². The first-order chi connectivity index (χ1) is 8.45. The third-order valence-corrected chi connectivity index (χ3v) is 3.63. The van der Waals surface area contributed by atoms with Gasteiger partial charge < -0.3 is 5.11 Å². The van der Waals surface area contributed by atoms with Gasteiger partial charge in [-0.3, -0.25) is 9.69 Å². The standard InChI is InChI=1S/C15H23NO2/c1-5-11(2)16(4)10-13-6-8-14(9-7-13)12(3)15(17)18/h6-9,11-12H,5,10H2,1-4H3,(H,17,18). The first kappa shape index (κ1) is 14.7. The van der Waals surface area contributed by atoms with E-state index in [1.807, 2.05) is 24.3 Å². The molecule has 0 fully saturated rings. The van der Waals surface area contributed by atoms with Gasteiger partial charge >= 0.3 is 5.97 Å². The van der Waals surface area contributed by atoms with E-state index in [0.29, 0.717) is 6.04 Å². The van der Waals surface area contributed by atoms with Gasteiger partial charge in [0.2, 0.25) is 0 Å². The molecule has 18 heavy (non-hydrogen) atoms. The number of hydrogen-bond donors (Lipinski definition) is 1. The van der Waals surface area contributed by atoms with E-state index in [9.17, 15) is 4.79 Å². The van der Waals surface area contributed by atoms with E-state index >= 15 is 0 Å². The van der Waals surface area contributed by atoms with Crippen molar-refractivity contribution in [3.8, 4) is 0 Å². The van der Waals surface area contributed by atoms with Gasteiger partial charge in [0, 0.05) is 12.6 Å². The maximum Gasteiger partial charge on any atom is 0.310 e. The summed E-state index contributed by atoms with van der Waals surface area (Å²) in [6.07, 6.45) is 1.13. The second-order valence-electron chi connectivity index (χ2n) is 4.97. The molecule has 0 heterocycles. The molecule has 1 aromatic rings. The normalized spacial score (nSPS) is 14.5. The predicted molar refractivity (Wildman–Crippen MR) is 73.7 cm³/mol. The molecule has 0 aliphatic rings. The highest BCUT2D eigenvalue weighted by Crippen LogP contribution is 2.17. The van der Waals surface area contributed by atoms with Gasteiger partial charge in [-0.2, -0.15) is 0 Å². The van der Waals surface area contributed by atoms with Crippen molar-refractivity contribution < 1.29 is 9.90 Å². The Bertz CT molecular complexity index is 386. The maximum atomic E-state index is 10.9. The lowest BCUT2D eigenvalue weighted by Crippen LogP contribution is -2.27. The number of aliphatic carboxylic acids is 1. The van der Waals surface area contributed by atoms with Crippen LogP contribution in [0, 0.1) is 0 Å². The SMILES string of the molecule is CCC(C)N(C)Cc1ccc(C(C)C(=O)O)cc1. The lowest BCUT2D eigenvalue weighted by atomic mass is 10.00. The van der Waals surface area contributed by atoms with Gasteiger partial charge in [0.05, 0.1) is 5.92 Å². The molecular weight excluding hydrogens is 226 g/mol. The van der Waals surface area contributed by atoms with Crippen molar-refractivity contribution in [1.82, 2.24) is 4.90 Å². The van der Waals surface area contributed by atoms with Crippen LogP contribution in [0.25, 0.3) is 0 Å². The average molecular weight is 249 g/mol. The van der Waals surface area contributed by atoms with Crippen LogP contribution in [0.15, 0.2) is 24.3 Å². The Hall–Kier alpha value is -1.35. The number of hydrogen-bond acceptors (Lipinski definition) is 2.